The lowest BCUT2D eigenvalue weighted by Gasteiger charge is -2.23. The first-order chi connectivity index (χ1) is 20.0. The molecule has 210 valence electrons. The van der Waals surface area contributed by atoms with E-state index in [9.17, 15) is 4.39 Å². The van der Waals surface area contributed by atoms with Crippen molar-refractivity contribution in [3.8, 4) is 34.0 Å². The van der Waals surface area contributed by atoms with Crippen LogP contribution in [0.25, 0.3) is 39.1 Å². The van der Waals surface area contributed by atoms with Gasteiger partial charge in [-0.1, -0.05) is 17.3 Å². The molecular weight excluding hydrogens is 519 g/mol. The van der Waals surface area contributed by atoms with Crippen LogP contribution in [0.4, 0.5) is 4.39 Å². The zero-order valence-corrected chi connectivity index (χ0v) is 23.3. The van der Waals surface area contributed by atoms with Crippen LogP contribution in [0.15, 0.2) is 60.8 Å². The molecule has 41 heavy (non-hydrogen) atoms. The first-order valence-electron chi connectivity index (χ1n) is 14.4. The van der Waals surface area contributed by atoms with Crippen molar-refractivity contribution in [2.45, 2.75) is 58.4 Å². The van der Waals surface area contributed by atoms with Gasteiger partial charge >= 0.3 is 0 Å². The predicted molar refractivity (Wildman–Crippen MR) is 155 cm³/mol. The first kappa shape index (κ1) is 25.9. The Hall–Kier alpha value is -4.08. The Morgan fingerprint density at radius 2 is 1.95 bits per heavy atom. The summed E-state index contributed by atoms with van der Waals surface area (Å²) in [7, 11) is 0. The van der Waals surface area contributed by atoms with Gasteiger partial charge in [-0.2, -0.15) is 5.10 Å². The lowest BCUT2D eigenvalue weighted by Crippen LogP contribution is -2.23. The van der Waals surface area contributed by atoms with Crippen molar-refractivity contribution in [1.82, 2.24) is 30.1 Å². The molecule has 1 unspecified atom stereocenters. The number of nitrogens with one attached hydrogen (secondary N) is 1. The van der Waals surface area contributed by atoms with Crippen LogP contribution in [0.1, 0.15) is 50.5 Å². The Morgan fingerprint density at radius 1 is 1.02 bits per heavy atom. The Kier molecular flexibility index (Phi) is 6.76. The summed E-state index contributed by atoms with van der Waals surface area (Å²) in [5, 5.41) is 18.4. The van der Waals surface area contributed by atoms with Crippen LogP contribution in [-0.2, 0) is 17.7 Å². The number of benzene rings is 3. The van der Waals surface area contributed by atoms with E-state index in [4.69, 9.17) is 14.6 Å². The van der Waals surface area contributed by atoms with Gasteiger partial charge in [-0.05, 0) is 105 Å². The van der Waals surface area contributed by atoms with Crippen LogP contribution < -0.4 is 10.1 Å². The number of rotatable bonds is 6. The SMILES string of the molecule is CC(C)Oc1cc(F)cc(-c2ccc3c(c2)c(-c2cn(-c4ccc5c(c4)CNCC5)nn2)nn3C2CCCCO2)c1. The highest BCUT2D eigenvalue weighted by Crippen LogP contribution is 2.36. The molecule has 0 saturated carbocycles. The second kappa shape index (κ2) is 10.7. The topological polar surface area (TPSA) is 79.0 Å². The van der Waals surface area contributed by atoms with Crippen molar-refractivity contribution >= 4 is 10.9 Å². The molecular formula is C32H33FN6O2. The fourth-order valence-corrected chi connectivity index (χ4v) is 5.82. The van der Waals surface area contributed by atoms with Crippen molar-refractivity contribution in [2.24, 2.45) is 0 Å². The molecule has 1 N–H and O–H groups in total. The van der Waals surface area contributed by atoms with Crippen LogP contribution in [0.2, 0.25) is 0 Å². The molecule has 8 nitrogen and oxygen atoms in total. The molecule has 0 radical (unpaired) electrons. The van der Waals surface area contributed by atoms with E-state index in [-0.39, 0.29) is 18.1 Å². The third-order valence-corrected chi connectivity index (χ3v) is 7.79. The Labute approximate surface area is 238 Å². The lowest BCUT2D eigenvalue weighted by molar-refractivity contribution is -0.0365. The van der Waals surface area contributed by atoms with E-state index in [0.29, 0.717) is 18.1 Å². The number of halogens is 1. The normalized spacial score (nSPS) is 17.2. The number of hydrogen-bond acceptors (Lipinski definition) is 6. The molecule has 0 spiro atoms. The summed E-state index contributed by atoms with van der Waals surface area (Å²) in [4.78, 5) is 0. The van der Waals surface area contributed by atoms with E-state index in [0.717, 1.165) is 72.2 Å². The van der Waals surface area contributed by atoms with Gasteiger partial charge in [0.2, 0.25) is 0 Å². The maximum atomic E-state index is 14.6. The van der Waals surface area contributed by atoms with Gasteiger partial charge in [0.1, 0.15) is 23.0 Å². The van der Waals surface area contributed by atoms with Gasteiger partial charge in [0.05, 0.1) is 23.5 Å². The highest BCUT2D eigenvalue weighted by atomic mass is 19.1. The molecule has 7 rings (SSSR count). The molecule has 2 aromatic heterocycles. The maximum absolute atomic E-state index is 14.6. The fourth-order valence-electron chi connectivity index (χ4n) is 5.82. The van der Waals surface area contributed by atoms with E-state index < -0.39 is 0 Å². The second-order valence-corrected chi connectivity index (χ2v) is 11.1. The Morgan fingerprint density at radius 3 is 2.80 bits per heavy atom. The number of aromatic nitrogens is 5. The van der Waals surface area contributed by atoms with Gasteiger partial charge in [0.25, 0.3) is 0 Å². The number of fused-ring (bicyclic) bond motifs is 2. The van der Waals surface area contributed by atoms with Crippen molar-refractivity contribution in [3.05, 3.63) is 77.7 Å². The Balaban J connectivity index is 1.32. The molecule has 4 heterocycles. The molecule has 0 aliphatic carbocycles. The first-order valence-corrected chi connectivity index (χ1v) is 14.4. The minimum absolute atomic E-state index is 0.0542. The fraction of sp³-hybridized carbons (Fsp3) is 0.344. The molecule has 5 aromatic rings. The number of hydrogen-bond donors (Lipinski definition) is 1. The summed E-state index contributed by atoms with van der Waals surface area (Å²) < 4.78 is 30.3. The summed E-state index contributed by atoms with van der Waals surface area (Å²) in [6.07, 6.45) is 5.80. The molecule has 0 bridgehead atoms. The van der Waals surface area contributed by atoms with Gasteiger partial charge in [-0.3, -0.25) is 0 Å². The zero-order chi connectivity index (χ0) is 27.9. The van der Waals surface area contributed by atoms with Crippen LogP contribution in [0, 0.1) is 5.82 Å². The smallest absolute Gasteiger partial charge is 0.150 e. The highest BCUT2D eigenvalue weighted by molar-refractivity contribution is 5.95. The number of nitrogens with zero attached hydrogens (tertiary/aromatic N) is 5. The summed E-state index contributed by atoms with van der Waals surface area (Å²) in [5.74, 6) is 0.165. The maximum Gasteiger partial charge on any atom is 0.150 e. The lowest BCUT2D eigenvalue weighted by atomic mass is 10.0. The molecule has 2 aliphatic heterocycles. The molecule has 1 atom stereocenters. The summed E-state index contributed by atoms with van der Waals surface area (Å²) in [6.45, 7) is 6.43. The largest absolute Gasteiger partial charge is 0.491 e. The van der Waals surface area contributed by atoms with Crippen molar-refractivity contribution in [1.29, 1.82) is 0 Å². The molecule has 0 amide bonds. The van der Waals surface area contributed by atoms with E-state index in [1.807, 2.05) is 42.9 Å². The Bertz CT molecular complexity index is 1720. The average molecular weight is 553 g/mol. The minimum Gasteiger partial charge on any atom is -0.491 e. The van der Waals surface area contributed by atoms with Crippen LogP contribution in [0.3, 0.4) is 0 Å². The second-order valence-electron chi connectivity index (χ2n) is 11.1. The van der Waals surface area contributed by atoms with Crippen LogP contribution in [-0.4, -0.2) is 44.0 Å². The van der Waals surface area contributed by atoms with Crippen LogP contribution in [0.5, 0.6) is 5.75 Å². The minimum atomic E-state index is -0.340. The van der Waals surface area contributed by atoms with Gasteiger partial charge in [0, 0.05) is 24.6 Å². The molecule has 2 aliphatic rings. The van der Waals surface area contributed by atoms with Crippen molar-refractivity contribution in [2.75, 3.05) is 13.2 Å². The van der Waals surface area contributed by atoms with E-state index in [1.54, 1.807) is 4.68 Å². The third-order valence-electron chi connectivity index (χ3n) is 7.79. The van der Waals surface area contributed by atoms with Gasteiger partial charge in [-0.15, -0.1) is 5.10 Å². The predicted octanol–water partition coefficient (Wildman–Crippen LogP) is 6.22. The molecule has 3 aromatic carbocycles. The zero-order valence-electron chi connectivity index (χ0n) is 23.3. The van der Waals surface area contributed by atoms with E-state index in [1.165, 1.54) is 23.3 Å². The van der Waals surface area contributed by atoms with Crippen LogP contribution >= 0.6 is 0 Å². The number of ether oxygens (including phenoxy) is 2. The molecule has 9 heteroatoms. The standard InChI is InChI=1S/C32H33FN6O2/c1-20(2)41-27-15-23(13-25(33)17-27)22-7-9-30-28(16-22)32(36-39(30)31-5-3-4-12-40-31)29-19-38(37-35-29)26-8-6-21-10-11-34-18-24(21)14-26/h6-9,13-17,19-20,31,34H,3-5,10-12,18H2,1-2H3. The van der Waals surface area contributed by atoms with Gasteiger partial charge in [-0.25, -0.2) is 13.8 Å². The van der Waals surface area contributed by atoms with Crippen molar-refractivity contribution < 1.29 is 13.9 Å². The van der Waals surface area contributed by atoms with Crippen molar-refractivity contribution in [3.63, 3.8) is 0 Å². The van der Waals surface area contributed by atoms with Gasteiger partial charge < -0.3 is 14.8 Å². The summed E-state index contributed by atoms with van der Waals surface area (Å²) in [6, 6.07) is 17.4. The molecule has 1 fully saturated rings. The highest BCUT2D eigenvalue weighted by Gasteiger charge is 2.24. The monoisotopic (exact) mass is 552 g/mol. The van der Waals surface area contributed by atoms with Gasteiger partial charge in [0.15, 0.2) is 6.23 Å². The van der Waals surface area contributed by atoms with E-state index in [2.05, 4.69) is 39.9 Å². The molecule has 1 saturated heterocycles. The quantitative estimate of drug-likeness (QED) is 0.269. The summed E-state index contributed by atoms with van der Waals surface area (Å²) in [5.41, 5.74) is 7.56. The summed E-state index contributed by atoms with van der Waals surface area (Å²) >= 11 is 0. The van der Waals surface area contributed by atoms with E-state index >= 15 is 0 Å². The third kappa shape index (κ3) is 5.11. The average Bonchev–Trinajstić information content (AvgIpc) is 3.62.